The van der Waals surface area contributed by atoms with Gasteiger partial charge in [0.2, 0.25) is 15.9 Å². The van der Waals surface area contributed by atoms with Crippen molar-refractivity contribution >= 4 is 39.0 Å². The van der Waals surface area contributed by atoms with E-state index in [0.717, 1.165) is 4.88 Å². The Kier molecular flexibility index (Phi) is 5.68. The van der Waals surface area contributed by atoms with Crippen molar-refractivity contribution in [2.75, 3.05) is 26.2 Å². The molecular formula is C17H17N3O5S2. The van der Waals surface area contributed by atoms with Crippen LogP contribution in [0.3, 0.4) is 0 Å². The van der Waals surface area contributed by atoms with Crippen LogP contribution in [0.15, 0.2) is 52.7 Å². The van der Waals surface area contributed by atoms with Crippen LogP contribution in [0.5, 0.6) is 0 Å². The molecule has 0 saturated carbocycles. The molecule has 2 aromatic rings. The molecule has 0 unspecified atom stereocenters. The molecule has 0 aliphatic carbocycles. The van der Waals surface area contributed by atoms with Gasteiger partial charge in [0.05, 0.1) is 9.82 Å². The van der Waals surface area contributed by atoms with Gasteiger partial charge in [0.1, 0.15) is 0 Å². The molecule has 1 saturated heterocycles. The lowest BCUT2D eigenvalue weighted by molar-refractivity contribution is -0.384. The second kappa shape index (κ2) is 7.99. The number of sulfonamides is 1. The van der Waals surface area contributed by atoms with Gasteiger partial charge in [-0.1, -0.05) is 6.07 Å². The minimum Gasteiger partial charge on any atom is -0.337 e. The molecule has 0 radical (unpaired) electrons. The van der Waals surface area contributed by atoms with E-state index >= 15 is 0 Å². The number of nitro benzene ring substituents is 1. The van der Waals surface area contributed by atoms with Crippen LogP contribution in [0.1, 0.15) is 4.88 Å². The summed E-state index contributed by atoms with van der Waals surface area (Å²) in [5.41, 5.74) is -0.165. The summed E-state index contributed by atoms with van der Waals surface area (Å²) >= 11 is 1.53. The van der Waals surface area contributed by atoms with E-state index < -0.39 is 14.9 Å². The summed E-state index contributed by atoms with van der Waals surface area (Å²) in [6.07, 6.45) is 3.24. The number of hydrogen-bond donors (Lipinski definition) is 0. The van der Waals surface area contributed by atoms with Crippen molar-refractivity contribution in [2.24, 2.45) is 0 Å². The molecule has 1 fully saturated rings. The molecule has 1 aromatic carbocycles. The summed E-state index contributed by atoms with van der Waals surface area (Å²) in [6.45, 7) is 0.940. The molecule has 3 rings (SSSR count). The summed E-state index contributed by atoms with van der Waals surface area (Å²) in [4.78, 5) is 24.9. The summed E-state index contributed by atoms with van der Waals surface area (Å²) in [5.74, 6) is -0.157. The number of non-ortho nitro benzene ring substituents is 1. The zero-order valence-electron chi connectivity index (χ0n) is 14.2. The average Bonchev–Trinajstić information content (AvgIpc) is 3.20. The zero-order chi connectivity index (χ0) is 19.4. The van der Waals surface area contributed by atoms with Gasteiger partial charge >= 0.3 is 0 Å². The number of rotatable bonds is 5. The Labute approximate surface area is 160 Å². The van der Waals surface area contributed by atoms with Gasteiger partial charge in [0.15, 0.2) is 0 Å². The Balaban J connectivity index is 1.62. The van der Waals surface area contributed by atoms with Crippen molar-refractivity contribution in [3.8, 4) is 0 Å². The van der Waals surface area contributed by atoms with Gasteiger partial charge in [0, 0.05) is 49.3 Å². The van der Waals surface area contributed by atoms with Gasteiger partial charge in [-0.2, -0.15) is 4.31 Å². The van der Waals surface area contributed by atoms with E-state index in [1.807, 2.05) is 17.5 Å². The lowest BCUT2D eigenvalue weighted by Gasteiger charge is -2.33. The van der Waals surface area contributed by atoms with Gasteiger partial charge in [-0.05, 0) is 29.7 Å². The van der Waals surface area contributed by atoms with Crippen LogP contribution >= 0.6 is 11.3 Å². The minimum atomic E-state index is -3.74. The molecule has 10 heteroatoms. The Bertz CT molecular complexity index is 945. The van der Waals surface area contributed by atoms with Crippen molar-refractivity contribution in [3.63, 3.8) is 0 Å². The first kappa shape index (κ1) is 19.2. The van der Waals surface area contributed by atoms with Crippen molar-refractivity contribution in [2.45, 2.75) is 4.90 Å². The molecule has 0 N–H and O–H groups in total. The van der Waals surface area contributed by atoms with E-state index in [9.17, 15) is 23.3 Å². The summed E-state index contributed by atoms with van der Waals surface area (Å²) in [5, 5.41) is 12.6. The van der Waals surface area contributed by atoms with Crippen LogP contribution in [0.4, 0.5) is 5.69 Å². The van der Waals surface area contributed by atoms with Gasteiger partial charge < -0.3 is 4.90 Å². The molecule has 1 aliphatic heterocycles. The molecule has 1 aromatic heterocycles. The quantitative estimate of drug-likeness (QED) is 0.430. The first-order valence-corrected chi connectivity index (χ1v) is 10.4. The van der Waals surface area contributed by atoms with Gasteiger partial charge in [0.25, 0.3) is 5.69 Å². The van der Waals surface area contributed by atoms with Crippen molar-refractivity contribution in [1.29, 1.82) is 0 Å². The monoisotopic (exact) mass is 407 g/mol. The second-order valence-electron chi connectivity index (χ2n) is 5.83. The second-order valence-corrected chi connectivity index (χ2v) is 8.75. The van der Waals surface area contributed by atoms with Crippen LogP contribution < -0.4 is 0 Å². The molecule has 0 bridgehead atoms. The average molecular weight is 407 g/mol. The number of nitro groups is 1. The fraction of sp³-hybridized carbons (Fsp3) is 0.235. The third kappa shape index (κ3) is 4.41. The predicted octanol–water partition coefficient (Wildman–Crippen LogP) is 2.20. The highest BCUT2D eigenvalue weighted by Crippen LogP contribution is 2.21. The topological polar surface area (TPSA) is 101 Å². The summed E-state index contributed by atoms with van der Waals surface area (Å²) in [6, 6.07) is 8.60. The Morgan fingerprint density at radius 3 is 2.33 bits per heavy atom. The fourth-order valence-corrected chi connectivity index (χ4v) is 4.72. The third-order valence-electron chi connectivity index (χ3n) is 4.17. The molecule has 2 heterocycles. The predicted molar refractivity (Wildman–Crippen MR) is 102 cm³/mol. The van der Waals surface area contributed by atoms with Crippen molar-refractivity contribution < 1.29 is 18.1 Å². The zero-order valence-corrected chi connectivity index (χ0v) is 15.9. The number of hydrogen-bond acceptors (Lipinski definition) is 6. The molecule has 8 nitrogen and oxygen atoms in total. The largest absolute Gasteiger partial charge is 0.337 e. The van der Waals surface area contributed by atoms with E-state index in [4.69, 9.17) is 0 Å². The van der Waals surface area contributed by atoms with E-state index in [-0.39, 0.29) is 29.6 Å². The van der Waals surface area contributed by atoms with E-state index in [2.05, 4.69) is 0 Å². The normalized spacial score (nSPS) is 15.9. The fourth-order valence-electron chi connectivity index (χ4n) is 2.68. The van der Waals surface area contributed by atoms with Crippen LogP contribution in [-0.4, -0.2) is 54.6 Å². The first-order valence-electron chi connectivity index (χ1n) is 8.13. The Morgan fingerprint density at radius 2 is 1.78 bits per heavy atom. The van der Waals surface area contributed by atoms with Crippen LogP contribution in [0, 0.1) is 10.1 Å². The van der Waals surface area contributed by atoms with E-state index in [1.165, 1.54) is 46.0 Å². The lowest BCUT2D eigenvalue weighted by atomic mass is 10.3. The number of amides is 1. The molecule has 27 heavy (non-hydrogen) atoms. The highest BCUT2D eigenvalue weighted by atomic mass is 32.2. The first-order chi connectivity index (χ1) is 12.9. The SMILES string of the molecule is O=C(/C=C/c1cccs1)N1CCN(S(=O)(=O)c2ccc([N+](=O)[O-])cc2)CC1. The van der Waals surface area contributed by atoms with Crippen LogP contribution in [-0.2, 0) is 14.8 Å². The number of nitrogens with zero attached hydrogens (tertiary/aromatic N) is 3. The maximum atomic E-state index is 12.7. The molecule has 0 spiro atoms. The summed E-state index contributed by atoms with van der Waals surface area (Å²) < 4.78 is 26.6. The highest BCUT2D eigenvalue weighted by Gasteiger charge is 2.29. The molecule has 1 aliphatic rings. The van der Waals surface area contributed by atoms with Gasteiger partial charge in [-0.15, -0.1) is 11.3 Å². The van der Waals surface area contributed by atoms with Crippen LogP contribution in [0.25, 0.3) is 6.08 Å². The minimum absolute atomic E-state index is 0.00506. The van der Waals surface area contributed by atoms with Crippen LogP contribution in [0.2, 0.25) is 0 Å². The Morgan fingerprint density at radius 1 is 1.11 bits per heavy atom. The van der Waals surface area contributed by atoms with E-state index in [0.29, 0.717) is 13.1 Å². The van der Waals surface area contributed by atoms with Gasteiger partial charge in [-0.3, -0.25) is 14.9 Å². The smallest absolute Gasteiger partial charge is 0.269 e. The van der Waals surface area contributed by atoms with E-state index in [1.54, 1.807) is 11.0 Å². The highest BCUT2D eigenvalue weighted by molar-refractivity contribution is 7.89. The number of carbonyl (C=O) groups is 1. The number of piperazine rings is 1. The lowest BCUT2D eigenvalue weighted by Crippen LogP contribution is -2.50. The molecule has 0 atom stereocenters. The number of thiophene rings is 1. The molecule has 1 amide bonds. The number of benzene rings is 1. The summed E-state index contributed by atoms with van der Waals surface area (Å²) in [7, 11) is -3.74. The maximum Gasteiger partial charge on any atom is 0.269 e. The Hall–Kier alpha value is -2.56. The standard InChI is InChI=1S/C17H17N3O5S2/c21-17(8-5-15-2-1-13-26-15)18-9-11-19(12-10-18)27(24,25)16-6-3-14(4-7-16)20(22)23/h1-8,13H,9-12H2/b8-5+. The third-order valence-corrected chi connectivity index (χ3v) is 6.92. The molecule has 142 valence electrons. The maximum absolute atomic E-state index is 12.7. The molecular weight excluding hydrogens is 390 g/mol. The van der Waals surface area contributed by atoms with Gasteiger partial charge in [-0.25, -0.2) is 8.42 Å². The van der Waals surface area contributed by atoms with Crippen molar-refractivity contribution in [3.05, 3.63) is 62.8 Å². The van der Waals surface area contributed by atoms with Crippen molar-refractivity contribution in [1.82, 2.24) is 9.21 Å². The number of carbonyl (C=O) groups excluding carboxylic acids is 1.